The molecular weight excluding hydrogens is 222 g/mol. The van der Waals surface area contributed by atoms with Gasteiger partial charge in [0, 0.05) is 6.20 Å². The van der Waals surface area contributed by atoms with Gasteiger partial charge in [0.15, 0.2) is 0 Å². The highest BCUT2D eigenvalue weighted by Crippen LogP contribution is 1.75. The van der Waals surface area contributed by atoms with Crippen molar-refractivity contribution in [3.8, 4) is 12.1 Å². The molecule has 0 aromatic carbocycles. The molecule has 1 rings (SSSR count). The average molecular weight is 228 g/mol. The summed E-state index contributed by atoms with van der Waals surface area (Å²) in [5.74, 6) is 0. The van der Waals surface area contributed by atoms with Crippen molar-refractivity contribution in [1.29, 1.82) is 10.5 Å². The Balaban J connectivity index is 0.000000261. The Morgan fingerprint density at radius 3 is 2.42 bits per heavy atom. The molecule has 0 radical (unpaired) electrons. The minimum atomic E-state index is 0.278. The fourth-order valence-electron chi connectivity index (χ4n) is 0.390. The molecule has 0 bridgehead atoms. The van der Waals surface area contributed by atoms with E-state index in [0.29, 0.717) is 5.33 Å². The third kappa shape index (κ3) is 5.39. The minimum absolute atomic E-state index is 0.278. The van der Waals surface area contributed by atoms with E-state index >= 15 is 0 Å². The number of hydrogen-bond acceptors (Lipinski definition) is 4. The predicted molar refractivity (Wildman–Crippen MR) is 45.0 cm³/mol. The molecule has 0 atom stereocenters. The van der Waals surface area contributed by atoms with E-state index in [-0.39, 0.29) is 6.54 Å². The summed E-state index contributed by atoms with van der Waals surface area (Å²) in [5.41, 5.74) is 0. The van der Waals surface area contributed by atoms with E-state index in [9.17, 15) is 0 Å². The van der Waals surface area contributed by atoms with Crippen molar-refractivity contribution in [2.24, 2.45) is 0 Å². The molecule has 1 aromatic rings. The first-order valence-corrected chi connectivity index (χ1v) is 4.11. The third-order valence-electron chi connectivity index (χ3n) is 0.764. The third-order valence-corrected chi connectivity index (χ3v) is 1.02. The summed E-state index contributed by atoms with van der Waals surface area (Å²) in [5, 5.41) is 23.2. The van der Waals surface area contributed by atoms with Gasteiger partial charge in [-0.1, -0.05) is 21.1 Å². The lowest BCUT2D eigenvalue weighted by Crippen LogP contribution is -1.94. The maximum absolute atomic E-state index is 8.10. The van der Waals surface area contributed by atoms with Crippen molar-refractivity contribution in [2.45, 2.75) is 6.54 Å². The lowest BCUT2D eigenvalue weighted by molar-refractivity contribution is 0.668. The molecule has 0 saturated heterocycles. The van der Waals surface area contributed by atoms with Crippen molar-refractivity contribution < 1.29 is 0 Å². The van der Waals surface area contributed by atoms with Crippen molar-refractivity contribution in [3.63, 3.8) is 0 Å². The SMILES string of the molecule is N#CCBr.N#CCn1ccnn1. The standard InChI is InChI=1S/C4H4N4.C2H2BrN/c5-1-3-8-4-2-6-7-8;3-1-2-4/h2,4H,3H2;1H2. The van der Waals surface area contributed by atoms with Gasteiger partial charge >= 0.3 is 0 Å². The Hall–Kier alpha value is -1.40. The van der Waals surface area contributed by atoms with E-state index < -0.39 is 0 Å². The molecule has 0 aliphatic carbocycles. The molecule has 62 valence electrons. The highest BCUT2D eigenvalue weighted by Gasteiger charge is 1.83. The quantitative estimate of drug-likeness (QED) is 0.663. The van der Waals surface area contributed by atoms with Crippen LogP contribution in [0.2, 0.25) is 0 Å². The first-order chi connectivity index (χ1) is 5.85. The molecule has 1 aromatic heterocycles. The number of nitriles is 2. The largest absolute Gasteiger partial charge is 0.238 e. The summed E-state index contributed by atoms with van der Waals surface area (Å²) < 4.78 is 1.46. The van der Waals surface area contributed by atoms with Gasteiger partial charge in [-0.2, -0.15) is 10.5 Å². The molecule has 6 heteroatoms. The number of nitrogens with zero attached hydrogens (tertiary/aromatic N) is 5. The van der Waals surface area contributed by atoms with Crippen LogP contribution in [0.15, 0.2) is 12.4 Å². The Kier molecular flexibility index (Phi) is 6.81. The highest BCUT2D eigenvalue weighted by molar-refractivity contribution is 9.09. The van der Waals surface area contributed by atoms with Crippen molar-refractivity contribution in [2.75, 3.05) is 5.33 Å². The fourth-order valence-corrected chi connectivity index (χ4v) is 0.390. The van der Waals surface area contributed by atoms with Gasteiger partial charge in [0.25, 0.3) is 0 Å². The Bertz CT molecular complexity index is 267. The van der Waals surface area contributed by atoms with E-state index in [2.05, 4.69) is 26.2 Å². The minimum Gasteiger partial charge on any atom is -0.238 e. The number of hydrogen-bond donors (Lipinski definition) is 0. The second kappa shape index (κ2) is 7.70. The van der Waals surface area contributed by atoms with Crippen molar-refractivity contribution in [3.05, 3.63) is 12.4 Å². The Morgan fingerprint density at radius 2 is 2.08 bits per heavy atom. The van der Waals surface area contributed by atoms with Crippen molar-refractivity contribution >= 4 is 15.9 Å². The van der Waals surface area contributed by atoms with Crippen LogP contribution in [0.4, 0.5) is 0 Å². The molecule has 5 nitrogen and oxygen atoms in total. The van der Waals surface area contributed by atoms with Crippen LogP contribution in [0, 0.1) is 22.7 Å². The van der Waals surface area contributed by atoms with Crippen LogP contribution in [0.25, 0.3) is 0 Å². The molecule has 0 unspecified atom stereocenters. The van der Waals surface area contributed by atoms with Crippen LogP contribution in [0.1, 0.15) is 0 Å². The summed E-state index contributed by atoms with van der Waals surface area (Å²) >= 11 is 2.89. The number of halogens is 1. The smallest absolute Gasteiger partial charge is 0.129 e. The molecule has 0 spiro atoms. The van der Waals surface area contributed by atoms with Crippen LogP contribution in [0.3, 0.4) is 0 Å². The molecule has 12 heavy (non-hydrogen) atoms. The van der Waals surface area contributed by atoms with Gasteiger partial charge in [-0.3, -0.25) is 0 Å². The molecule has 0 saturated carbocycles. The first-order valence-electron chi connectivity index (χ1n) is 2.99. The molecule has 0 aliphatic heterocycles. The zero-order valence-corrected chi connectivity index (χ0v) is 7.77. The van der Waals surface area contributed by atoms with Gasteiger partial charge in [0.2, 0.25) is 0 Å². The van der Waals surface area contributed by atoms with E-state index in [1.54, 1.807) is 6.20 Å². The Labute approximate surface area is 78.3 Å². The second-order valence-electron chi connectivity index (χ2n) is 1.55. The van der Waals surface area contributed by atoms with E-state index in [1.807, 2.05) is 12.1 Å². The van der Waals surface area contributed by atoms with E-state index in [0.717, 1.165) is 0 Å². The summed E-state index contributed by atoms with van der Waals surface area (Å²) in [7, 11) is 0. The lowest BCUT2D eigenvalue weighted by Gasteiger charge is -1.83. The van der Waals surface area contributed by atoms with Crippen LogP contribution in [-0.2, 0) is 6.54 Å². The lowest BCUT2D eigenvalue weighted by atomic mass is 10.7. The number of alkyl halides is 1. The zero-order valence-electron chi connectivity index (χ0n) is 6.18. The predicted octanol–water partition coefficient (Wildman–Crippen LogP) is 0.707. The summed E-state index contributed by atoms with van der Waals surface area (Å²) in [6.07, 6.45) is 3.18. The number of aromatic nitrogens is 3. The molecule has 0 amide bonds. The van der Waals surface area contributed by atoms with Gasteiger partial charge in [-0.25, -0.2) is 4.68 Å². The van der Waals surface area contributed by atoms with Gasteiger partial charge in [-0.05, 0) is 0 Å². The van der Waals surface area contributed by atoms with Crippen LogP contribution in [-0.4, -0.2) is 20.3 Å². The maximum Gasteiger partial charge on any atom is 0.129 e. The summed E-state index contributed by atoms with van der Waals surface area (Å²) in [4.78, 5) is 0. The molecule has 0 fully saturated rings. The highest BCUT2D eigenvalue weighted by atomic mass is 79.9. The molecule has 0 N–H and O–H groups in total. The van der Waals surface area contributed by atoms with E-state index in [4.69, 9.17) is 10.5 Å². The van der Waals surface area contributed by atoms with Crippen molar-refractivity contribution in [1.82, 2.24) is 15.0 Å². The zero-order chi connectivity index (χ0) is 9.23. The first kappa shape index (κ1) is 10.6. The van der Waals surface area contributed by atoms with Gasteiger partial charge < -0.3 is 0 Å². The average Bonchev–Trinajstić information content (AvgIpc) is 2.58. The van der Waals surface area contributed by atoms with Crippen LogP contribution in [0.5, 0.6) is 0 Å². The monoisotopic (exact) mass is 227 g/mol. The van der Waals surface area contributed by atoms with Gasteiger partial charge in [0.05, 0.1) is 23.7 Å². The second-order valence-corrected chi connectivity index (χ2v) is 2.11. The van der Waals surface area contributed by atoms with Crippen LogP contribution >= 0.6 is 15.9 Å². The summed E-state index contributed by atoms with van der Waals surface area (Å²) in [6, 6.07) is 3.78. The molecule has 0 aliphatic rings. The van der Waals surface area contributed by atoms with E-state index in [1.165, 1.54) is 10.9 Å². The maximum atomic E-state index is 8.10. The Morgan fingerprint density at radius 1 is 1.42 bits per heavy atom. The fraction of sp³-hybridized carbons (Fsp3) is 0.333. The van der Waals surface area contributed by atoms with Gasteiger partial charge in [0.1, 0.15) is 6.54 Å². The number of rotatable bonds is 1. The van der Waals surface area contributed by atoms with Crippen LogP contribution < -0.4 is 0 Å². The van der Waals surface area contributed by atoms with Gasteiger partial charge in [-0.15, -0.1) is 5.10 Å². The topological polar surface area (TPSA) is 78.3 Å². The summed E-state index contributed by atoms with van der Waals surface area (Å²) in [6.45, 7) is 0.278. The molecular formula is C6H6BrN5. The molecule has 1 heterocycles. The normalized spacial score (nSPS) is 7.25.